The van der Waals surface area contributed by atoms with E-state index in [1.165, 1.54) is 0 Å². The number of rotatable bonds is 7. The van der Waals surface area contributed by atoms with Crippen LogP contribution in [0.5, 0.6) is 5.75 Å². The molecule has 9 nitrogen and oxygen atoms in total. The van der Waals surface area contributed by atoms with Gasteiger partial charge in [-0.05, 0) is 24.6 Å². The molecule has 0 aliphatic carbocycles. The van der Waals surface area contributed by atoms with Gasteiger partial charge in [-0.3, -0.25) is 0 Å². The van der Waals surface area contributed by atoms with Crippen LogP contribution in [-0.2, 0) is 20.0 Å². The number of nitrogens with two attached hydrogens (primary N) is 1. The van der Waals surface area contributed by atoms with Gasteiger partial charge < -0.3 is 10.2 Å². The minimum Gasteiger partial charge on any atom is -0.507 e. The predicted octanol–water partition coefficient (Wildman–Crippen LogP) is -0.953. The highest BCUT2D eigenvalue weighted by atomic mass is 32.2. The molecule has 1 rings (SSSR count). The number of primary sulfonamides is 1. The second kappa shape index (κ2) is 6.39. The van der Waals surface area contributed by atoms with Crippen molar-refractivity contribution in [3.8, 4) is 5.75 Å². The molecule has 1 aromatic carbocycles. The highest BCUT2D eigenvalue weighted by Gasteiger charge is 2.18. The number of hydrogen-bond acceptors (Lipinski definition) is 6. The molecule has 0 spiro atoms. The maximum Gasteiger partial charge on any atom is 0.339 e. The maximum absolute atomic E-state index is 11.9. The largest absolute Gasteiger partial charge is 0.507 e. The molecule has 0 atom stereocenters. The zero-order chi connectivity index (χ0) is 16.3. The Morgan fingerprint density at radius 2 is 1.86 bits per heavy atom. The molecule has 21 heavy (non-hydrogen) atoms. The molecule has 0 aliphatic rings. The van der Waals surface area contributed by atoms with E-state index in [1.54, 1.807) is 0 Å². The first kappa shape index (κ1) is 17.4. The third-order valence-corrected chi connectivity index (χ3v) is 4.72. The van der Waals surface area contributed by atoms with E-state index in [4.69, 9.17) is 10.2 Å². The summed E-state index contributed by atoms with van der Waals surface area (Å²) in [5.74, 6) is -2.42. The number of carboxylic acid groups (broad SMARTS) is 1. The van der Waals surface area contributed by atoms with Crippen LogP contribution in [0.4, 0.5) is 0 Å². The number of benzene rings is 1. The van der Waals surface area contributed by atoms with E-state index in [0.29, 0.717) is 0 Å². The van der Waals surface area contributed by atoms with Gasteiger partial charge in [0.2, 0.25) is 20.0 Å². The molecule has 0 saturated heterocycles. The zero-order valence-electron chi connectivity index (χ0n) is 10.7. The molecule has 0 fully saturated rings. The number of aromatic hydroxyl groups is 1. The van der Waals surface area contributed by atoms with Gasteiger partial charge >= 0.3 is 5.97 Å². The summed E-state index contributed by atoms with van der Waals surface area (Å²) < 4.78 is 47.2. The molecule has 0 saturated carbocycles. The summed E-state index contributed by atoms with van der Waals surface area (Å²) in [6, 6.07) is 2.78. The van der Waals surface area contributed by atoms with Gasteiger partial charge in [0.05, 0.1) is 10.6 Å². The second-order valence-electron chi connectivity index (χ2n) is 4.10. The van der Waals surface area contributed by atoms with Crippen LogP contribution >= 0.6 is 0 Å². The third kappa shape index (κ3) is 5.30. The molecular formula is C10H14N2O7S2. The number of sulfonamides is 2. The minimum absolute atomic E-state index is 0.0259. The fourth-order valence-corrected chi connectivity index (χ4v) is 3.06. The standard InChI is InChI=1S/C10H14N2O7S2/c11-20(16,17)5-1-4-12-21(18,19)7-2-3-9(13)8(6-7)10(14)15/h2-3,6,12-13H,1,4-5H2,(H,14,15)(H2,11,16,17). The maximum atomic E-state index is 11.9. The van der Waals surface area contributed by atoms with Crippen molar-refractivity contribution in [2.45, 2.75) is 11.3 Å². The topological polar surface area (TPSA) is 164 Å². The van der Waals surface area contributed by atoms with Gasteiger partial charge in [0.25, 0.3) is 0 Å². The Kier molecular flexibility index (Phi) is 5.28. The quantitative estimate of drug-likeness (QED) is 0.465. The number of hydrogen-bond donors (Lipinski definition) is 4. The first-order valence-corrected chi connectivity index (χ1v) is 8.79. The van der Waals surface area contributed by atoms with Gasteiger partial charge in [-0.15, -0.1) is 0 Å². The lowest BCUT2D eigenvalue weighted by molar-refractivity contribution is 0.0693. The number of carboxylic acids is 1. The van der Waals surface area contributed by atoms with E-state index < -0.39 is 37.3 Å². The Labute approximate surface area is 121 Å². The summed E-state index contributed by atoms with van der Waals surface area (Å²) in [7, 11) is -7.69. The number of nitrogens with one attached hydrogen (secondary N) is 1. The van der Waals surface area contributed by atoms with Crippen LogP contribution in [0, 0.1) is 0 Å². The monoisotopic (exact) mass is 338 g/mol. The van der Waals surface area contributed by atoms with E-state index in [-0.39, 0.29) is 23.6 Å². The molecule has 5 N–H and O–H groups in total. The van der Waals surface area contributed by atoms with Crippen molar-refractivity contribution in [1.82, 2.24) is 4.72 Å². The summed E-state index contributed by atoms with van der Waals surface area (Å²) in [6.45, 7) is -0.179. The molecule has 11 heteroatoms. The van der Waals surface area contributed by atoms with Crippen LogP contribution in [0.1, 0.15) is 16.8 Å². The molecule has 0 aliphatic heterocycles. The molecule has 118 valence electrons. The van der Waals surface area contributed by atoms with Gasteiger partial charge in [-0.1, -0.05) is 0 Å². The van der Waals surface area contributed by atoms with E-state index in [0.717, 1.165) is 18.2 Å². The van der Waals surface area contributed by atoms with Gasteiger partial charge in [0, 0.05) is 6.54 Å². The molecular weight excluding hydrogens is 324 g/mol. The van der Waals surface area contributed by atoms with Crippen LogP contribution in [0.3, 0.4) is 0 Å². The smallest absolute Gasteiger partial charge is 0.339 e. The fraction of sp³-hybridized carbons (Fsp3) is 0.300. The molecule has 0 aromatic heterocycles. The summed E-state index contributed by atoms with van der Waals surface area (Å²) in [4.78, 5) is 10.5. The van der Waals surface area contributed by atoms with Crippen LogP contribution in [-0.4, -0.2) is 45.3 Å². The SMILES string of the molecule is NS(=O)(=O)CCCNS(=O)(=O)c1ccc(O)c(C(=O)O)c1. The molecule has 0 amide bonds. The Bertz CT molecular complexity index is 741. The van der Waals surface area contributed by atoms with E-state index >= 15 is 0 Å². The summed E-state index contributed by atoms with van der Waals surface area (Å²) in [6.07, 6.45) is -0.0259. The van der Waals surface area contributed by atoms with Gasteiger partial charge in [-0.2, -0.15) is 0 Å². The number of aromatic carboxylic acids is 1. The van der Waals surface area contributed by atoms with Crippen molar-refractivity contribution < 1.29 is 31.8 Å². The molecule has 1 aromatic rings. The van der Waals surface area contributed by atoms with Gasteiger partial charge in [-0.25, -0.2) is 31.5 Å². The summed E-state index contributed by atoms with van der Waals surface area (Å²) in [5, 5.41) is 22.9. The lowest BCUT2D eigenvalue weighted by atomic mass is 10.2. The van der Waals surface area contributed by atoms with Gasteiger partial charge in [0.15, 0.2) is 0 Å². The van der Waals surface area contributed by atoms with Crippen LogP contribution in [0.2, 0.25) is 0 Å². The first-order valence-electron chi connectivity index (χ1n) is 5.59. The Morgan fingerprint density at radius 3 is 2.38 bits per heavy atom. The van der Waals surface area contributed by atoms with Crippen molar-refractivity contribution in [2.75, 3.05) is 12.3 Å². The number of phenols is 1. The lowest BCUT2D eigenvalue weighted by Gasteiger charge is -2.08. The van der Waals surface area contributed by atoms with Crippen LogP contribution in [0.25, 0.3) is 0 Å². The zero-order valence-corrected chi connectivity index (χ0v) is 12.3. The first-order chi connectivity index (χ1) is 9.53. The Balaban J connectivity index is 2.84. The average molecular weight is 338 g/mol. The normalized spacial score (nSPS) is 12.2. The highest BCUT2D eigenvalue weighted by molar-refractivity contribution is 7.89. The lowest BCUT2D eigenvalue weighted by Crippen LogP contribution is -2.27. The van der Waals surface area contributed by atoms with Crippen molar-refractivity contribution in [3.05, 3.63) is 23.8 Å². The molecule has 0 bridgehead atoms. The fourth-order valence-electron chi connectivity index (χ4n) is 1.42. The molecule has 0 heterocycles. The van der Waals surface area contributed by atoms with E-state index in [9.17, 15) is 26.7 Å². The average Bonchev–Trinajstić information content (AvgIpc) is 2.33. The molecule has 0 radical (unpaired) electrons. The summed E-state index contributed by atoms with van der Waals surface area (Å²) >= 11 is 0. The summed E-state index contributed by atoms with van der Waals surface area (Å²) in [5.41, 5.74) is -0.553. The number of carbonyl (C=O) groups is 1. The van der Waals surface area contributed by atoms with Crippen molar-refractivity contribution in [3.63, 3.8) is 0 Å². The highest BCUT2D eigenvalue weighted by Crippen LogP contribution is 2.21. The third-order valence-electron chi connectivity index (χ3n) is 2.41. The van der Waals surface area contributed by atoms with Gasteiger partial charge in [0.1, 0.15) is 11.3 Å². The van der Waals surface area contributed by atoms with Crippen molar-refractivity contribution in [2.24, 2.45) is 5.14 Å². The second-order valence-corrected chi connectivity index (χ2v) is 7.60. The minimum atomic E-state index is -4.01. The molecule has 0 unspecified atom stereocenters. The van der Waals surface area contributed by atoms with E-state index in [1.807, 2.05) is 0 Å². The Hall–Kier alpha value is -1.69. The van der Waals surface area contributed by atoms with Crippen LogP contribution < -0.4 is 9.86 Å². The van der Waals surface area contributed by atoms with Crippen LogP contribution in [0.15, 0.2) is 23.1 Å². The Morgan fingerprint density at radius 1 is 1.24 bits per heavy atom. The van der Waals surface area contributed by atoms with Crippen molar-refractivity contribution in [1.29, 1.82) is 0 Å². The predicted molar refractivity (Wildman–Crippen MR) is 72.8 cm³/mol. The van der Waals surface area contributed by atoms with E-state index in [2.05, 4.69) is 4.72 Å². The van der Waals surface area contributed by atoms with Crippen molar-refractivity contribution >= 4 is 26.0 Å².